The first-order valence-electron chi connectivity index (χ1n) is 9.61. The van der Waals surface area contributed by atoms with Crippen LogP contribution in [0.1, 0.15) is 28.7 Å². The van der Waals surface area contributed by atoms with Gasteiger partial charge in [-0.3, -0.25) is 0 Å². The summed E-state index contributed by atoms with van der Waals surface area (Å²) in [6, 6.07) is 18.4. The van der Waals surface area contributed by atoms with E-state index in [1.165, 1.54) is 24.3 Å². The molecule has 0 saturated heterocycles. The van der Waals surface area contributed by atoms with Crippen molar-refractivity contribution < 1.29 is 19.0 Å². The molecule has 2 heterocycles. The largest absolute Gasteiger partial charge is 0.505 e. The number of hydrogen-bond donors (Lipinski definition) is 1. The number of para-hydroxylation sites is 1. The van der Waals surface area contributed by atoms with Gasteiger partial charge in [0.15, 0.2) is 17.1 Å². The Bertz CT molecular complexity index is 1430. The van der Waals surface area contributed by atoms with E-state index in [0.717, 1.165) is 0 Å². The first kappa shape index (κ1) is 20.6. The van der Waals surface area contributed by atoms with Crippen molar-refractivity contribution >= 4 is 16.9 Å². The Kier molecular flexibility index (Phi) is 5.28. The van der Waals surface area contributed by atoms with Crippen LogP contribution >= 0.6 is 0 Å². The predicted molar refractivity (Wildman–Crippen MR) is 114 cm³/mol. The number of halogens is 1. The molecule has 8 heteroatoms. The summed E-state index contributed by atoms with van der Waals surface area (Å²) in [5.74, 6) is -1.93. The minimum Gasteiger partial charge on any atom is -0.505 e. The van der Waals surface area contributed by atoms with Gasteiger partial charge in [0.25, 0.3) is 0 Å². The molecule has 0 aliphatic carbocycles. The molecule has 0 unspecified atom stereocenters. The number of ether oxygens (including phenoxy) is 1. The number of hydrogen-bond acceptors (Lipinski definition) is 6. The highest BCUT2D eigenvalue weighted by Crippen LogP contribution is 2.42. The number of aromatic nitrogens is 2. The summed E-state index contributed by atoms with van der Waals surface area (Å²) in [6.45, 7) is 1.63. The van der Waals surface area contributed by atoms with E-state index in [4.69, 9.17) is 4.74 Å². The number of esters is 1. The molecule has 1 N–H and O–H groups in total. The number of nitriles is 2. The highest BCUT2D eigenvalue weighted by atomic mass is 19.1. The van der Waals surface area contributed by atoms with Gasteiger partial charge in [-0.2, -0.15) is 10.5 Å². The quantitative estimate of drug-likeness (QED) is 0.482. The highest BCUT2D eigenvalue weighted by Gasteiger charge is 2.29. The van der Waals surface area contributed by atoms with E-state index in [2.05, 4.69) is 11.1 Å². The second kappa shape index (κ2) is 8.21. The van der Waals surface area contributed by atoms with Crippen molar-refractivity contribution in [3.05, 3.63) is 77.4 Å². The average Bonchev–Trinajstić information content (AvgIpc) is 3.16. The van der Waals surface area contributed by atoms with Crippen LogP contribution in [-0.2, 0) is 4.74 Å². The zero-order chi connectivity index (χ0) is 22.8. The Balaban J connectivity index is 2.23. The molecule has 0 amide bonds. The Labute approximate surface area is 182 Å². The lowest BCUT2D eigenvalue weighted by Gasteiger charge is -2.12. The topological polar surface area (TPSA) is 112 Å². The van der Waals surface area contributed by atoms with Crippen molar-refractivity contribution in [2.45, 2.75) is 6.92 Å². The summed E-state index contributed by atoms with van der Waals surface area (Å²) >= 11 is 0. The molecular weight excluding hydrogens is 411 g/mol. The summed E-state index contributed by atoms with van der Waals surface area (Å²) in [7, 11) is 0. The molecular formula is C24H15FN4O3. The van der Waals surface area contributed by atoms with Crippen LogP contribution in [0.2, 0.25) is 0 Å². The summed E-state index contributed by atoms with van der Waals surface area (Å²) in [6.07, 6.45) is 0. The van der Waals surface area contributed by atoms with Gasteiger partial charge in [-0.25, -0.2) is 14.2 Å². The number of nitrogens with zero attached hydrogens (tertiary/aromatic N) is 4. The van der Waals surface area contributed by atoms with Gasteiger partial charge in [0.2, 0.25) is 0 Å². The molecule has 0 fully saturated rings. The second-order valence-corrected chi connectivity index (χ2v) is 6.73. The van der Waals surface area contributed by atoms with Crippen LogP contribution in [0.25, 0.3) is 27.8 Å². The van der Waals surface area contributed by atoms with Crippen LogP contribution in [0.4, 0.5) is 4.39 Å². The maximum atomic E-state index is 13.6. The number of aromatic hydroxyl groups is 1. The van der Waals surface area contributed by atoms with E-state index in [-0.39, 0.29) is 28.8 Å². The van der Waals surface area contributed by atoms with E-state index >= 15 is 0 Å². The van der Waals surface area contributed by atoms with Gasteiger partial charge < -0.3 is 14.4 Å². The number of pyridine rings is 1. The van der Waals surface area contributed by atoms with Crippen molar-refractivity contribution in [2.75, 3.05) is 6.61 Å². The van der Waals surface area contributed by atoms with Crippen LogP contribution in [0.3, 0.4) is 0 Å². The summed E-state index contributed by atoms with van der Waals surface area (Å²) in [5.41, 5.74) is 0.919. The molecule has 156 valence electrons. The van der Waals surface area contributed by atoms with Crippen LogP contribution in [0, 0.1) is 28.5 Å². The lowest BCUT2D eigenvalue weighted by molar-refractivity contribution is 0.0516. The van der Waals surface area contributed by atoms with Gasteiger partial charge in [0.1, 0.15) is 18.0 Å². The summed E-state index contributed by atoms with van der Waals surface area (Å²) in [5, 5.41) is 30.8. The number of carbonyl (C=O) groups is 1. The molecule has 0 radical (unpaired) electrons. The van der Waals surface area contributed by atoms with Crippen LogP contribution in [0.15, 0.2) is 54.6 Å². The van der Waals surface area contributed by atoms with E-state index in [0.29, 0.717) is 16.9 Å². The molecule has 4 rings (SSSR count). The molecule has 0 aliphatic rings. The maximum Gasteiger partial charge on any atom is 0.360 e. The Hall–Kier alpha value is -4.69. The minimum atomic E-state index is -0.914. The molecule has 2 aromatic carbocycles. The maximum absolute atomic E-state index is 13.6. The van der Waals surface area contributed by atoms with Crippen molar-refractivity contribution in [2.24, 2.45) is 0 Å². The lowest BCUT2D eigenvalue weighted by atomic mass is 10.0. The monoisotopic (exact) mass is 426 g/mol. The zero-order valence-corrected chi connectivity index (χ0v) is 16.8. The Morgan fingerprint density at radius 2 is 1.81 bits per heavy atom. The summed E-state index contributed by atoms with van der Waals surface area (Å²) in [4.78, 5) is 16.4. The Morgan fingerprint density at radius 1 is 1.12 bits per heavy atom. The Morgan fingerprint density at radius 3 is 2.41 bits per heavy atom. The van der Waals surface area contributed by atoms with Crippen LogP contribution < -0.4 is 0 Å². The van der Waals surface area contributed by atoms with Crippen LogP contribution in [-0.4, -0.2) is 27.2 Å². The van der Waals surface area contributed by atoms with Gasteiger partial charge in [0.05, 0.1) is 28.8 Å². The van der Waals surface area contributed by atoms with Crippen molar-refractivity contribution in [1.29, 1.82) is 10.5 Å². The molecule has 0 aliphatic heterocycles. The highest BCUT2D eigenvalue weighted by molar-refractivity contribution is 6.06. The van der Waals surface area contributed by atoms with E-state index in [9.17, 15) is 24.8 Å². The van der Waals surface area contributed by atoms with Gasteiger partial charge in [-0.15, -0.1) is 0 Å². The van der Waals surface area contributed by atoms with Crippen LogP contribution in [0.5, 0.6) is 5.75 Å². The second-order valence-electron chi connectivity index (χ2n) is 6.73. The van der Waals surface area contributed by atoms with Gasteiger partial charge >= 0.3 is 5.97 Å². The fourth-order valence-corrected chi connectivity index (χ4v) is 3.61. The van der Waals surface area contributed by atoms with E-state index in [1.807, 2.05) is 6.07 Å². The van der Waals surface area contributed by atoms with Gasteiger partial charge in [-0.05, 0) is 43.3 Å². The predicted octanol–water partition coefficient (Wildman–Crippen LogP) is 4.46. The molecule has 0 saturated carbocycles. The standard InChI is InChI=1S/C24H15FN4O3/c1-2-32-24(31)20-23(30)19-17(12-26)21(14-8-10-15(25)11-9-14)29(16-6-4-3-5-7-16)22(19)18(13-27)28-20/h3-11,30H,2H2,1H3. The fourth-order valence-electron chi connectivity index (χ4n) is 3.61. The number of benzene rings is 2. The lowest BCUT2D eigenvalue weighted by Crippen LogP contribution is -2.09. The van der Waals surface area contributed by atoms with Crippen molar-refractivity contribution in [3.63, 3.8) is 0 Å². The fraction of sp³-hybridized carbons (Fsp3) is 0.0833. The SMILES string of the molecule is CCOC(=O)c1nc(C#N)c2c(c1O)c(C#N)c(-c1ccc(F)cc1)n2-c1ccccc1. The molecule has 32 heavy (non-hydrogen) atoms. The molecule has 2 aromatic heterocycles. The molecule has 0 bridgehead atoms. The van der Waals surface area contributed by atoms with Gasteiger partial charge in [-0.1, -0.05) is 18.2 Å². The van der Waals surface area contributed by atoms with Gasteiger partial charge in [0, 0.05) is 11.3 Å². The normalized spacial score (nSPS) is 10.5. The third-order valence-corrected chi connectivity index (χ3v) is 4.90. The smallest absolute Gasteiger partial charge is 0.360 e. The van der Waals surface area contributed by atoms with Crippen molar-refractivity contribution in [3.8, 4) is 34.8 Å². The van der Waals surface area contributed by atoms with E-state index < -0.39 is 23.2 Å². The molecule has 0 atom stereocenters. The zero-order valence-electron chi connectivity index (χ0n) is 16.8. The first-order valence-corrected chi connectivity index (χ1v) is 9.61. The number of carbonyl (C=O) groups excluding carboxylic acids is 1. The first-order chi connectivity index (χ1) is 15.5. The summed E-state index contributed by atoms with van der Waals surface area (Å²) < 4.78 is 20.1. The van der Waals surface area contributed by atoms with Crippen molar-refractivity contribution in [1.82, 2.24) is 9.55 Å². The third kappa shape index (κ3) is 3.21. The molecule has 7 nitrogen and oxygen atoms in total. The number of fused-ring (bicyclic) bond motifs is 1. The number of rotatable bonds is 4. The van der Waals surface area contributed by atoms with E-state index in [1.54, 1.807) is 41.8 Å². The third-order valence-electron chi connectivity index (χ3n) is 4.90. The molecule has 0 spiro atoms. The molecule has 4 aromatic rings. The average molecular weight is 426 g/mol. The minimum absolute atomic E-state index is 0.00900.